The summed E-state index contributed by atoms with van der Waals surface area (Å²) in [4.78, 5) is 12.8. The van der Waals surface area contributed by atoms with Crippen LogP contribution in [-0.2, 0) is 6.42 Å². The predicted molar refractivity (Wildman–Crippen MR) is 108 cm³/mol. The lowest BCUT2D eigenvalue weighted by Crippen LogP contribution is -2.15. The molecule has 3 rings (SSSR count). The molecule has 0 aliphatic rings. The molecule has 0 saturated carbocycles. The molecule has 2 unspecified atom stereocenters. The molecule has 0 aliphatic carbocycles. The molecule has 0 radical (unpaired) electrons. The SMILES string of the molecule is Cc1ccc(C)c(C(=O)C(C)Sc2nnc(CC(C)c3ccccc3)o2)c1. The lowest BCUT2D eigenvalue weighted by atomic mass is 9.98. The summed E-state index contributed by atoms with van der Waals surface area (Å²) in [6.07, 6.45) is 0.677. The number of ketones is 1. The molecule has 5 heteroatoms. The highest BCUT2D eigenvalue weighted by molar-refractivity contribution is 8.00. The van der Waals surface area contributed by atoms with Crippen molar-refractivity contribution in [2.75, 3.05) is 0 Å². The fourth-order valence-corrected chi connectivity index (χ4v) is 3.72. The van der Waals surface area contributed by atoms with Crippen LogP contribution in [0.15, 0.2) is 58.2 Å². The van der Waals surface area contributed by atoms with Gasteiger partial charge in [0.1, 0.15) is 0 Å². The average molecular weight is 381 g/mol. The number of carbonyl (C=O) groups is 1. The second-order valence-corrected chi connectivity index (χ2v) is 8.21. The Hall–Kier alpha value is -2.40. The van der Waals surface area contributed by atoms with Crippen molar-refractivity contribution in [1.29, 1.82) is 0 Å². The van der Waals surface area contributed by atoms with Crippen LogP contribution in [0.4, 0.5) is 0 Å². The number of aryl methyl sites for hydroxylation is 2. The number of Topliss-reactive ketones (excluding diaryl/α,β-unsaturated/α-hetero) is 1. The zero-order valence-corrected chi connectivity index (χ0v) is 16.9. The molecule has 4 nitrogen and oxygen atoms in total. The van der Waals surface area contributed by atoms with E-state index in [-0.39, 0.29) is 11.0 Å². The normalized spacial score (nSPS) is 13.3. The van der Waals surface area contributed by atoms with Gasteiger partial charge in [0.15, 0.2) is 5.78 Å². The zero-order valence-electron chi connectivity index (χ0n) is 16.1. The van der Waals surface area contributed by atoms with Crippen molar-refractivity contribution in [3.63, 3.8) is 0 Å². The number of hydrogen-bond acceptors (Lipinski definition) is 5. The van der Waals surface area contributed by atoms with Crippen molar-refractivity contribution in [2.45, 2.75) is 50.5 Å². The van der Waals surface area contributed by atoms with E-state index < -0.39 is 0 Å². The van der Waals surface area contributed by atoms with Gasteiger partial charge in [0.05, 0.1) is 5.25 Å². The standard InChI is InChI=1S/C22H24N2O2S/c1-14-10-11-15(2)19(12-14)21(25)17(4)27-22-24-23-20(26-22)13-16(3)18-8-6-5-7-9-18/h5-12,16-17H,13H2,1-4H3. The molecular weight excluding hydrogens is 356 g/mol. The van der Waals surface area contributed by atoms with E-state index in [2.05, 4.69) is 29.3 Å². The third kappa shape index (κ3) is 4.86. The lowest BCUT2D eigenvalue weighted by Gasteiger charge is -2.11. The van der Waals surface area contributed by atoms with Gasteiger partial charge in [-0.25, -0.2) is 0 Å². The molecule has 3 aromatic rings. The van der Waals surface area contributed by atoms with Gasteiger partial charge in [-0.1, -0.05) is 66.7 Å². The molecule has 0 N–H and O–H groups in total. The Balaban J connectivity index is 1.65. The van der Waals surface area contributed by atoms with Crippen molar-refractivity contribution < 1.29 is 9.21 Å². The fraction of sp³-hybridized carbons (Fsp3) is 0.318. The Labute approximate surface area is 164 Å². The van der Waals surface area contributed by atoms with E-state index in [1.165, 1.54) is 17.3 Å². The van der Waals surface area contributed by atoms with E-state index >= 15 is 0 Å². The van der Waals surface area contributed by atoms with Gasteiger partial charge in [-0.15, -0.1) is 10.2 Å². The molecule has 0 spiro atoms. The highest BCUT2D eigenvalue weighted by atomic mass is 32.2. The molecule has 0 aliphatic heterocycles. The van der Waals surface area contributed by atoms with E-state index in [0.29, 0.717) is 23.5 Å². The molecule has 1 heterocycles. The van der Waals surface area contributed by atoms with Crippen molar-refractivity contribution in [1.82, 2.24) is 10.2 Å². The predicted octanol–water partition coefficient (Wildman–Crippen LogP) is 5.40. The van der Waals surface area contributed by atoms with E-state index in [1.807, 2.05) is 57.2 Å². The van der Waals surface area contributed by atoms with Crippen molar-refractivity contribution in [3.05, 3.63) is 76.7 Å². The number of nitrogens with zero attached hydrogens (tertiary/aromatic N) is 2. The van der Waals surface area contributed by atoms with Crippen LogP contribution in [0.3, 0.4) is 0 Å². The summed E-state index contributed by atoms with van der Waals surface area (Å²) in [5.74, 6) is 0.970. The molecule has 1 aromatic heterocycles. The third-order valence-corrected chi connectivity index (χ3v) is 5.54. The maximum absolute atomic E-state index is 12.8. The molecule has 2 atom stereocenters. The Morgan fingerprint density at radius 3 is 2.56 bits per heavy atom. The van der Waals surface area contributed by atoms with Gasteiger partial charge >= 0.3 is 0 Å². The number of hydrogen-bond donors (Lipinski definition) is 0. The molecule has 27 heavy (non-hydrogen) atoms. The van der Waals surface area contributed by atoms with Gasteiger partial charge < -0.3 is 4.42 Å². The molecule has 0 bridgehead atoms. The largest absolute Gasteiger partial charge is 0.416 e. The van der Waals surface area contributed by atoms with Gasteiger partial charge in [-0.2, -0.15) is 0 Å². The van der Waals surface area contributed by atoms with E-state index in [0.717, 1.165) is 16.7 Å². The van der Waals surface area contributed by atoms with Gasteiger partial charge in [0.2, 0.25) is 5.89 Å². The van der Waals surface area contributed by atoms with E-state index in [1.54, 1.807) is 0 Å². The maximum Gasteiger partial charge on any atom is 0.277 e. The molecule has 0 saturated heterocycles. The first-order valence-corrected chi connectivity index (χ1v) is 9.97. The molecule has 140 valence electrons. The third-order valence-electron chi connectivity index (χ3n) is 4.60. The first-order valence-electron chi connectivity index (χ1n) is 9.09. The molecule has 0 amide bonds. The minimum absolute atomic E-state index is 0.0820. The molecule has 2 aromatic carbocycles. The topological polar surface area (TPSA) is 56.0 Å². The Bertz CT molecular complexity index is 921. The average Bonchev–Trinajstić information content (AvgIpc) is 3.10. The summed E-state index contributed by atoms with van der Waals surface area (Å²) in [5.41, 5.74) is 4.06. The van der Waals surface area contributed by atoms with Crippen molar-refractivity contribution in [3.8, 4) is 0 Å². The molecule has 0 fully saturated rings. The van der Waals surface area contributed by atoms with Crippen LogP contribution in [0, 0.1) is 13.8 Å². The first-order chi connectivity index (χ1) is 12.9. The highest BCUT2D eigenvalue weighted by Gasteiger charge is 2.21. The second-order valence-electron chi connectivity index (χ2n) is 6.92. The Morgan fingerprint density at radius 2 is 1.81 bits per heavy atom. The second kappa shape index (κ2) is 8.53. The van der Waals surface area contributed by atoms with Crippen LogP contribution >= 0.6 is 11.8 Å². The summed E-state index contributed by atoms with van der Waals surface area (Å²) in [6, 6.07) is 16.2. The number of rotatable bonds is 7. The van der Waals surface area contributed by atoms with Gasteiger partial charge in [0, 0.05) is 12.0 Å². The van der Waals surface area contributed by atoms with Crippen molar-refractivity contribution in [2.24, 2.45) is 0 Å². The van der Waals surface area contributed by atoms with Crippen LogP contribution in [0.1, 0.15) is 52.7 Å². The van der Waals surface area contributed by atoms with Crippen LogP contribution in [0.5, 0.6) is 0 Å². The van der Waals surface area contributed by atoms with Crippen LogP contribution in [0.2, 0.25) is 0 Å². The van der Waals surface area contributed by atoms with Crippen molar-refractivity contribution >= 4 is 17.5 Å². The zero-order chi connectivity index (χ0) is 19.4. The lowest BCUT2D eigenvalue weighted by molar-refractivity contribution is 0.0993. The Kier molecular flexibility index (Phi) is 6.11. The van der Waals surface area contributed by atoms with E-state index in [4.69, 9.17) is 4.42 Å². The smallest absolute Gasteiger partial charge is 0.277 e. The van der Waals surface area contributed by atoms with Gasteiger partial charge in [-0.05, 0) is 43.9 Å². The van der Waals surface area contributed by atoms with Crippen LogP contribution in [0.25, 0.3) is 0 Å². The quantitative estimate of drug-likeness (QED) is 0.406. The number of aromatic nitrogens is 2. The minimum Gasteiger partial charge on any atom is -0.416 e. The summed E-state index contributed by atoms with van der Waals surface area (Å²) in [7, 11) is 0. The Morgan fingerprint density at radius 1 is 1.07 bits per heavy atom. The first kappa shape index (κ1) is 19.4. The van der Waals surface area contributed by atoms with Gasteiger partial charge in [0.25, 0.3) is 5.22 Å². The summed E-state index contributed by atoms with van der Waals surface area (Å²) < 4.78 is 5.77. The number of carbonyl (C=O) groups excluding carboxylic acids is 1. The van der Waals surface area contributed by atoms with Crippen LogP contribution in [-0.4, -0.2) is 21.2 Å². The summed E-state index contributed by atoms with van der Waals surface area (Å²) in [6.45, 7) is 7.97. The monoisotopic (exact) mass is 380 g/mol. The number of thioether (sulfide) groups is 1. The van der Waals surface area contributed by atoms with E-state index in [9.17, 15) is 4.79 Å². The minimum atomic E-state index is -0.287. The number of benzene rings is 2. The molecular formula is C22H24N2O2S. The summed E-state index contributed by atoms with van der Waals surface area (Å²) in [5, 5.41) is 8.42. The maximum atomic E-state index is 12.8. The van der Waals surface area contributed by atoms with Gasteiger partial charge in [-0.3, -0.25) is 4.79 Å². The van der Waals surface area contributed by atoms with Crippen LogP contribution < -0.4 is 0 Å². The fourth-order valence-electron chi connectivity index (χ4n) is 2.95. The summed E-state index contributed by atoms with van der Waals surface area (Å²) >= 11 is 1.31. The highest BCUT2D eigenvalue weighted by Crippen LogP contribution is 2.27.